The predicted molar refractivity (Wildman–Crippen MR) is 51.3 cm³/mol. The normalized spacial score (nSPS) is 8.82. The van der Waals surface area contributed by atoms with Gasteiger partial charge in [0.1, 0.15) is 0 Å². The van der Waals surface area contributed by atoms with E-state index < -0.39 is 0 Å². The van der Waals surface area contributed by atoms with Crippen LogP contribution in [0, 0.1) is 0 Å². The van der Waals surface area contributed by atoms with Crippen molar-refractivity contribution in [3.8, 4) is 0 Å². The first kappa shape index (κ1) is 10.8. The van der Waals surface area contributed by atoms with Gasteiger partial charge in [0.25, 0.3) is 0 Å². The molecule has 4 heteroatoms. The van der Waals surface area contributed by atoms with E-state index in [0.29, 0.717) is 0 Å². The summed E-state index contributed by atoms with van der Waals surface area (Å²) < 4.78 is 0. The fourth-order valence-electron chi connectivity index (χ4n) is 0.609. The summed E-state index contributed by atoms with van der Waals surface area (Å²) in [4.78, 5) is 5.16. The highest BCUT2D eigenvalue weighted by Gasteiger charge is 1.88. The topological polar surface area (TPSA) is 38.9 Å². The zero-order chi connectivity index (χ0) is 7.23. The first-order valence-electron chi connectivity index (χ1n) is 3.16. The van der Waals surface area contributed by atoms with E-state index >= 15 is 0 Å². The zero-order valence-electron chi connectivity index (χ0n) is 6.06. The maximum Gasteiger partial charge on any atom is 0.0403 e. The number of aromatic nitrogens is 1. The molecule has 0 aliphatic carbocycles. The van der Waals surface area contributed by atoms with Crippen LogP contribution in [-0.4, -0.2) is 17.3 Å². The molecule has 1 aromatic heterocycles. The Morgan fingerprint density at radius 1 is 1.55 bits per heavy atom. The summed E-state index contributed by atoms with van der Waals surface area (Å²) >= 11 is 1.73. The number of hydrogen-bond acceptors (Lipinski definition) is 3. The monoisotopic (exact) mass is 190 g/mol. The van der Waals surface area contributed by atoms with Gasteiger partial charge in [-0.05, 0) is 12.1 Å². The fraction of sp³-hybridized carbons (Fsp3) is 0.286. The minimum atomic E-state index is 0. The number of thioether (sulfide) groups is 1. The van der Waals surface area contributed by atoms with Gasteiger partial charge in [-0.2, -0.15) is 0 Å². The molecular weight excluding hydrogens is 180 g/mol. The molecule has 0 fully saturated rings. The van der Waals surface area contributed by atoms with Crippen molar-refractivity contribution < 1.29 is 0 Å². The highest BCUT2D eigenvalue weighted by Crippen LogP contribution is 2.13. The van der Waals surface area contributed by atoms with Crippen LogP contribution in [0.3, 0.4) is 0 Å². The van der Waals surface area contributed by atoms with Crippen LogP contribution < -0.4 is 5.73 Å². The standard InChI is InChI=1S/C7H10N2S.ClH/c8-3-5-10-7-2-1-4-9-6-7;/h1-2,4,6H,3,5,8H2;1H. The Labute approximate surface area is 77.0 Å². The number of nitrogens with zero attached hydrogens (tertiary/aromatic N) is 1. The average Bonchev–Trinajstić information content (AvgIpc) is 2.03. The zero-order valence-corrected chi connectivity index (χ0v) is 7.70. The molecule has 0 amide bonds. The van der Waals surface area contributed by atoms with E-state index in [1.54, 1.807) is 18.0 Å². The maximum absolute atomic E-state index is 5.34. The quantitative estimate of drug-likeness (QED) is 0.736. The molecule has 2 N–H and O–H groups in total. The molecule has 0 atom stereocenters. The first-order valence-corrected chi connectivity index (χ1v) is 4.15. The van der Waals surface area contributed by atoms with Crippen LogP contribution in [-0.2, 0) is 0 Å². The molecule has 62 valence electrons. The van der Waals surface area contributed by atoms with Gasteiger partial charge in [-0.1, -0.05) is 0 Å². The molecule has 0 saturated carbocycles. The lowest BCUT2D eigenvalue weighted by Crippen LogP contribution is -2.00. The van der Waals surface area contributed by atoms with E-state index in [0.717, 1.165) is 12.3 Å². The summed E-state index contributed by atoms with van der Waals surface area (Å²) in [5.41, 5.74) is 5.34. The molecule has 0 bridgehead atoms. The van der Waals surface area contributed by atoms with Gasteiger partial charge in [-0.3, -0.25) is 4.98 Å². The largest absolute Gasteiger partial charge is 0.330 e. The van der Waals surface area contributed by atoms with Crippen LogP contribution in [0.5, 0.6) is 0 Å². The van der Waals surface area contributed by atoms with Crippen LogP contribution >= 0.6 is 24.2 Å². The van der Waals surface area contributed by atoms with E-state index in [1.807, 2.05) is 18.3 Å². The Hall–Kier alpha value is -0.250. The minimum Gasteiger partial charge on any atom is -0.330 e. The van der Waals surface area contributed by atoms with E-state index in [9.17, 15) is 0 Å². The van der Waals surface area contributed by atoms with Crippen molar-refractivity contribution in [2.24, 2.45) is 5.73 Å². The molecular formula is C7H11ClN2S. The van der Waals surface area contributed by atoms with Gasteiger partial charge in [0.2, 0.25) is 0 Å². The van der Waals surface area contributed by atoms with E-state index in [2.05, 4.69) is 4.98 Å². The highest BCUT2D eigenvalue weighted by molar-refractivity contribution is 7.99. The van der Waals surface area contributed by atoms with Crippen molar-refractivity contribution in [2.45, 2.75) is 4.90 Å². The van der Waals surface area contributed by atoms with E-state index in [1.165, 1.54) is 4.90 Å². The molecule has 0 radical (unpaired) electrons. The van der Waals surface area contributed by atoms with Crippen molar-refractivity contribution in [1.82, 2.24) is 4.98 Å². The van der Waals surface area contributed by atoms with Crippen LogP contribution in [0.1, 0.15) is 0 Å². The second-order valence-electron chi connectivity index (χ2n) is 1.83. The second-order valence-corrected chi connectivity index (χ2v) is 2.99. The van der Waals surface area contributed by atoms with E-state index in [-0.39, 0.29) is 12.4 Å². The van der Waals surface area contributed by atoms with Gasteiger partial charge >= 0.3 is 0 Å². The summed E-state index contributed by atoms with van der Waals surface area (Å²) in [6.07, 6.45) is 3.62. The van der Waals surface area contributed by atoms with Crippen LogP contribution in [0.2, 0.25) is 0 Å². The minimum absolute atomic E-state index is 0. The molecule has 0 saturated heterocycles. The summed E-state index contributed by atoms with van der Waals surface area (Å²) in [5, 5.41) is 0. The third-order valence-electron chi connectivity index (χ3n) is 1.02. The maximum atomic E-state index is 5.34. The molecule has 0 spiro atoms. The lowest BCUT2D eigenvalue weighted by Gasteiger charge is -1.95. The Balaban J connectivity index is 0.000001000. The summed E-state index contributed by atoms with van der Waals surface area (Å²) in [5.74, 6) is 0.964. The average molecular weight is 191 g/mol. The Kier molecular flexibility index (Phi) is 6.31. The first-order chi connectivity index (χ1) is 4.93. The van der Waals surface area contributed by atoms with Crippen molar-refractivity contribution in [3.63, 3.8) is 0 Å². The molecule has 1 aromatic rings. The number of rotatable bonds is 3. The molecule has 0 aromatic carbocycles. The second kappa shape index (κ2) is 6.46. The van der Waals surface area contributed by atoms with E-state index in [4.69, 9.17) is 5.73 Å². The number of hydrogen-bond donors (Lipinski definition) is 1. The van der Waals surface area contributed by atoms with Crippen molar-refractivity contribution in [1.29, 1.82) is 0 Å². The molecule has 11 heavy (non-hydrogen) atoms. The SMILES string of the molecule is Cl.NCCSc1cccnc1. The smallest absolute Gasteiger partial charge is 0.0403 e. The van der Waals surface area contributed by atoms with Gasteiger partial charge < -0.3 is 5.73 Å². The van der Waals surface area contributed by atoms with Gasteiger partial charge in [0, 0.05) is 29.6 Å². The summed E-state index contributed by atoms with van der Waals surface area (Å²) in [6.45, 7) is 0.722. The predicted octanol–water partition coefficient (Wildman–Crippen LogP) is 1.55. The van der Waals surface area contributed by atoms with Crippen molar-refractivity contribution >= 4 is 24.2 Å². The molecule has 0 unspecified atom stereocenters. The fourth-order valence-corrected chi connectivity index (χ4v) is 1.27. The van der Waals surface area contributed by atoms with Gasteiger partial charge in [-0.25, -0.2) is 0 Å². The Bertz CT molecular complexity index is 181. The van der Waals surface area contributed by atoms with Crippen LogP contribution in [0.15, 0.2) is 29.4 Å². The third-order valence-corrected chi connectivity index (χ3v) is 2.04. The number of nitrogens with two attached hydrogens (primary N) is 1. The van der Waals surface area contributed by atoms with Crippen LogP contribution in [0.25, 0.3) is 0 Å². The van der Waals surface area contributed by atoms with Crippen molar-refractivity contribution in [3.05, 3.63) is 24.5 Å². The number of pyridine rings is 1. The van der Waals surface area contributed by atoms with Gasteiger partial charge in [0.15, 0.2) is 0 Å². The molecule has 2 nitrogen and oxygen atoms in total. The summed E-state index contributed by atoms with van der Waals surface area (Å²) in [7, 11) is 0. The number of halogens is 1. The lowest BCUT2D eigenvalue weighted by atomic mass is 10.5. The molecule has 0 aliphatic rings. The van der Waals surface area contributed by atoms with Crippen molar-refractivity contribution in [2.75, 3.05) is 12.3 Å². The highest BCUT2D eigenvalue weighted by atomic mass is 35.5. The van der Waals surface area contributed by atoms with Gasteiger partial charge in [0.05, 0.1) is 0 Å². The molecule has 1 rings (SSSR count). The Morgan fingerprint density at radius 3 is 2.91 bits per heavy atom. The molecule has 1 heterocycles. The Morgan fingerprint density at radius 2 is 2.36 bits per heavy atom. The molecule has 0 aliphatic heterocycles. The van der Waals surface area contributed by atoms with Gasteiger partial charge in [-0.15, -0.1) is 24.2 Å². The van der Waals surface area contributed by atoms with Crippen LogP contribution in [0.4, 0.5) is 0 Å². The third kappa shape index (κ3) is 4.24. The summed E-state index contributed by atoms with van der Waals surface area (Å²) in [6, 6.07) is 3.96. The lowest BCUT2D eigenvalue weighted by molar-refractivity contribution is 1.14.